The highest BCUT2D eigenvalue weighted by Gasteiger charge is 2.38. The quantitative estimate of drug-likeness (QED) is 0.631. The van der Waals surface area contributed by atoms with Gasteiger partial charge < -0.3 is 9.64 Å². The van der Waals surface area contributed by atoms with E-state index in [1.54, 1.807) is 38.1 Å². The van der Waals surface area contributed by atoms with Crippen LogP contribution >= 0.6 is 11.6 Å². The smallest absolute Gasteiger partial charge is 0.266 e. The van der Waals surface area contributed by atoms with Gasteiger partial charge in [-0.1, -0.05) is 47.1 Å². The molecule has 1 atom stereocenters. The maximum atomic E-state index is 13.1. The lowest BCUT2D eigenvalue weighted by Gasteiger charge is -2.30. The number of hydrogen-bond acceptors (Lipinski definition) is 4. The standard InChI is InChI=1S/C22H23ClN4O2/c1-22(2,29-19-10-8-17(23)9-11-19)21(28)26-13-12-18(14-26)27-15-20(24-25-27)16-6-4-3-5-7-16/h3-11,15,18H,12-14H2,1-2H3. The molecule has 1 fully saturated rings. The minimum absolute atomic E-state index is 0.0432. The van der Waals surface area contributed by atoms with Crippen molar-refractivity contribution >= 4 is 17.5 Å². The second-order valence-electron chi connectivity index (χ2n) is 7.71. The largest absolute Gasteiger partial charge is 0.478 e. The summed E-state index contributed by atoms with van der Waals surface area (Å²) >= 11 is 5.92. The van der Waals surface area contributed by atoms with Gasteiger partial charge in [0, 0.05) is 23.7 Å². The molecule has 2 heterocycles. The molecule has 1 aliphatic heterocycles. The van der Waals surface area contributed by atoms with Crippen LogP contribution in [0, 0.1) is 0 Å². The number of aromatic nitrogens is 3. The zero-order valence-corrected chi connectivity index (χ0v) is 17.2. The summed E-state index contributed by atoms with van der Waals surface area (Å²) < 4.78 is 7.81. The zero-order valence-electron chi connectivity index (χ0n) is 16.5. The number of carbonyl (C=O) groups is 1. The van der Waals surface area contributed by atoms with E-state index >= 15 is 0 Å². The molecular formula is C22H23ClN4O2. The highest BCUT2D eigenvalue weighted by atomic mass is 35.5. The molecule has 150 valence electrons. The average Bonchev–Trinajstić information content (AvgIpc) is 3.39. The van der Waals surface area contributed by atoms with E-state index in [-0.39, 0.29) is 11.9 Å². The average molecular weight is 411 g/mol. The van der Waals surface area contributed by atoms with Crippen LogP contribution in [0.5, 0.6) is 5.75 Å². The first-order valence-electron chi connectivity index (χ1n) is 9.63. The van der Waals surface area contributed by atoms with Crippen LogP contribution in [0.15, 0.2) is 60.8 Å². The Hall–Kier alpha value is -2.86. The topological polar surface area (TPSA) is 60.2 Å². The van der Waals surface area contributed by atoms with Gasteiger partial charge in [0.2, 0.25) is 0 Å². The third-order valence-corrected chi connectivity index (χ3v) is 5.36. The molecule has 0 radical (unpaired) electrons. The van der Waals surface area contributed by atoms with Crippen LogP contribution in [0.25, 0.3) is 11.3 Å². The molecule has 0 aliphatic carbocycles. The number of halogens is 1. The van der Waals surface area contributed by atoms with E-state index in [1.807, 2.05) is 46.1 Å². The van der Waals surface area contributed by atoms with Crippen molar-refractivity contribution in [2.24, 2.45) is 0 Å². The first kappa shape index (κ1) is 19.5. The monoisotopic (exact) mass is 410 g/mol. The Morgan fingerprint density at radius 1 is 1.14 bits per heavy atom. The van der Waals surface area contributed by atoms with Gasteiger partial charge in [0.25, 0.3) is 5.91 Å². The van der Waals surface area contributed by atoms with Crippen molar-refractivity contribution in [3.8, 4) is 17.0 Å². The lowest BCUT2D eigenvalue weighted by molar-refractivity contribution is -0.144. The predicted octanol–water partition coefficient (Wildman–Crippen LogP) is 4.23. The van der Waals surface area contributed by atoms with E-state index in [9.17, 15) is 4.79 Å². The van der Waals surface area contributed by atoms with Crippen LogP contribution in [-0.4, -0.2) is 44.5 Å². The number of likely N-dealkylation sites (tertiary alicyclic amines) is 1. The van der Waals surface area contributed by atoms with E-state index in [1.165, 1.54) is 0 Å². The number of carbonyl (C=O) groups excluding carboxylic acids is 1. The molecule has 29 heavy (non-hydrogen) atoms. The van der Waals surface area contributed by atoms with Crippen molar-refractivity contribution in [2.75, 3.05) is 13.1 Å². The summed E-state index contributed by atoms with van der Waals surface area (Å²) in [6, 6.07) is 17.1. The molecule has 7 heteroatoms. The van der Waals surface area contributed by atoms with Crippen molar-refractivity contribution < 1.29 is 9.53 Å². The molecule has 4 rings (SSSR count). The van der Waals surface area contributed by atoms with Crippen molar-refractivity contribution in [2.45, 2.75) is 31.9 Å². The van der Waals surface area contributed by atoms with Crippen molar-refractivity contribution in [1.29, 1.82) is 0 Å². The summed E-state index contributed by atoms with van der Waals surface area (Å²) in [4.78, 5) is 14.9. The van der Waals surface area contributed by atoms with Crippen LogP contribution in [0.1, 0.15) is 26.3 Å². The van der Waals surface area contributed by atoms with Gasteiger partial charge in [0.15, 0.2) is 5.60 Å². The van der Waals surface area contributed by atoms with Gasteiger partial charge >= 0.3 is 0 Å². The number of amides is 1. The Labute approximate surface area is 175 Å². The van der Waals surface area contributed by atoms with E-state index in [2.05, 4.69) is 10.3 Å². The van der Waals surface area contributed by atoms with Gasteiger partial charge in [-0.15, -0.1) is 5.10 Å². The van der Waals surface area contributed by atoms with Gasteiger partial charge in [-0.05, 0) is 44.5 Å². The Morgan fingerprint density at radius 3 is 2.59 bits per heavy atom. The number of ether oxygens (including phenoxy) is 1. The zero-order chi connectivity index (χ0) is 20.4. The maximum Gasteiger partial charge on any atom is 0.266 e. The number of hydrogen-bond donors (Lipinski definition) is 0. The van der Waals surface area contributed by atoms with E-state index in [0.29, 0.717) is 23.9 Å². The molecule has 1 unspecified atom stereocenters. The summed E-state index contributed by atoms with van der Waals surface area (Å²) in [6.45, 7) is 4.84. The fourth-order valence-corrected chi connectivity index (χ4v) is 3.69. The van der Waals surface area contributed by atoms with Crippen LogP contribution in [0.4, 0.5) is 0 Å². The van der Waals surface area contributed by atoms with Crippen molar-refractivity contribution in [1.82, 2.24) is 19.9 Å². The molecule has 1 saturated heterocycles. The first-order valence-corrected chi connectivity index (χ1v) is 10.0. The fourth-order valence-electron chi connectivity index (χ4n) is 3.56. The summed E-state index contributed by atoms with van der Waals surface area (Å²) in [7, 11) is 0. The van der Waals surface area contributed by atoms with Gasteiger partial charge in [-0.2, -0.15) is 0 Å². The fraction of sp³-hybridized carbons (Fsp3) is 0.318. The highest BCUT2D eigenvalue weighted by molar-refractivity contribution is 6.30. The number of nitrogens with zero attached hydrogens (tertiary/aromatic N) is 4. The Morgan fingerprint density at radius 2 is 1.86 bits per heavy atom. The number of benzene rings is 2. The number of rotatable bonds is 5. The van der Waals surface area contributed by atoms with E-state index in [0.717, 1.165) is 17.7 Å². The van der Waals surface area contributed by atoms with Gasteiger partial charge in [-0.25, -0.2) is 4.68 Å². The molecule has 1 amide bonds. The van der Waals surface area contributed by atoms with E-state index in [4.69, 9.17) is 16.3 Å². The van der Waals surface area contributed by atoms with Crippen LogP contribution < -0.4 is 4.74 Å². The third kappa shape index (κ3) is 4.27. The molecule has 0 N–H and O–H groups in total. The Balaban J connectivity index is 1.42. The van der Waals surface area contributed by atoms with Crippen LogP contribution in [-0.2, 0) is 4.79 Å². The lowest BCUT2D eigenvalue weighted by atomic mass is 10.1. The highest BCUT2D eigenvalue weighted by Crippen LogP contribution is 2.27. The molecule has 6 nitrogen and oxygen atoms in total. The molecule has 1 aliphatic rings. The summed E-state index contributed by atoms with van der Waals surface area (Å²) in [5.74, 6) is 0.575. The second-order valence-corrected chi connectivity index (χ2v) is 8.15. The maximum absolute atomic E-state index is 13.1. The summed E-state index contributed by atoms with van der Waals surface area (Å²) in [6.07, 6.45) is 2.78. The molecular weight excluding hydrogens is 388 g/mol. The first-order chi connectivity index (χ1) is 13.9. The summed E-state index contributed by atoms with van der Waals surface area (Å²) in [5, 5.41) is 9.21. The molecule has 0 spiro atoms. The molecule has 2 aromatic carbocycles. The van der Waals surface area contributed by atoms with Crippen LogP contribution in [0.2, 0.25) is 5.02 Å². The van der Waals surface area contributed by atoms with Crippen LogP contribution in [0.3, 0.4) is 0 Å². The third-order valence-electron chi connectivity index (χ3n) is 5.11. The van der Waals surface area contributed by atoms with E-state index < -0.39 is 5.60 Å². The SMILES string of the molecule is CC(C)(Oc1ccc(Cl)cc1)C(=O)N1CCC(n2cc(-c3ccccc3)nn2)C1. The molecule has 1 aromatic heterocycles. The Kier molecular flexibility index (Phi) is 5.28. The molecule has 3 aromatic rings. The van der Waals surface area contributed by atoms with Gasteiger partial charge in [0.05, 0.1) is 12.2 Å². The van der Waals surface area contributed by atoms with Gasteiger partial charge in [0.1, 0.15) is 11.4 Å². The minimum atomic E-state index is -0.972. The Bertz CT molecular complexity index is 986. The predicted molar refractivity (Wildman–Crippen MR) is 112 cm³/mol. The van der Waals surface area contributed by atoms with Crippen molar-refractivity contribution in [3.05, 3.63) is 65.8 Å². The van der Waals surface area contributed by atoms with Gasteiger partial charge in [-0.3, -0.25) is 4.79 Å². The van der Waals surface area contributed by atoms with Crippen molar-refractivity contribution in [3.63, 3.8) is 0 Å². The molecule has 0 saturated carbocycles. The summed E-state index contributed by atoms with van der Waals surface area (Å²) in [5.41, 5.74) is 0.893. The normalized spacial score (nSPS) is 16.8. The molecule has 0 bridgehead atoms. The minimum Gasteiger partial charge on any atom is -0.478 e. The second kappa shape index (κ2) is 7.87. The lowest BCUT2D eigenvalue weighted by Crippen LogP contribution is -2.48.